The molecule has 2 aromatic carbocycles. The first-order valence-electron chi connectivity index (χ1n) is 7.83. The third kappa shape index (κ3) is 3.16. The van der Waals surface area contributed by atoms with E-state index in [4.69, 9.17) is 4.74 Å². The fraction of sp³-hybridized carbons (Fsp3) is 0.316. The second-order valence-electron chi connectivity index (χ2n) is 6.40. The highest BCUT2D eigenvalue weighted by molar-refractivity contribution is 5.71. The molecule has 120 valence electrons. The molecule has 0 saturated carbocycles. The SMILES string of the molecule is CC(C)(c1ccc(O)cc1)c1ccc(OC(=O)N2CCC2)cc1. The molecule has 3 rings (SSSR count). The molecule has 0 bridgehead atoms. The van der Waals surface area contributed by atoms with E-state index < -0.39 is 0 Å². The summed E-state index contributed by atoms with van der Waals surface area (Å²) in [5.41, 5.74) is 2.03. The molecule has 1 saturated heterocycles. The third-order valence-corrected chi connectivity index (χ3v) is 4.48. The molecule has 0 aliphatic carbocycles. The summed E-state index contributed by atoms with van der Waals surface area (Å²) in [6.45, 7) is 5.82. The van der Waals surface area contributed by atoms with E-state index in [-0.39, 0.29) is 17.3 Å². The smallest absolute Gasteiger partial charge is 0.415 e. The van der Waals surface area contributed by atoms with Crippen molar-refractivity contribution in [1.29, 1.82) is 0 Å². The first-order chi connectivity index (χ1) is 11.0. The zero-order valence-electron chi connectivity index (χ0n) is 13.5. The van der Waals surface area contributed by atoms with Gasteiger partial charge in [0.1, 0.15) is 11.5 Å². The highest BCUT2D eigenvalue weighted by Gasteiger charge is 2.24. The summed E-state index contributed by atoms with van der Waals surface area (Å²) in [5, 5.41) is 9.43. The van der Waals surface area contributed by atoms with Gasteiger partial charge in [0.25, 0.3) is 0 Å². The number of nitrogens with zero attached hydrogens (tertiary/aromatic N) is 1. The minimum absolute atomic E-state index is 0.201. The number of ether oxygens (including phenoxy) is 1. The van der Waals surface area contributed by atoms with E-state index >= 15 is 0 Å². The maximum Gasteiger partial charge on any atom is 0.415 e. The van der Waals surface area contributed by atoms with Crippen molar-refractivity contribution in [2.75, 3.05) is 13.1 Å². The van der Waals surface area contributed by atoms with Gasteiger partial charge in [-0.05, 0) is 41.8 Å². The Morgan fingerprint density at radius 3 is 2.00 bits per heavy atom. The molecule has 1 amide bonds. The van der Waals surface area contributed by atoms with Crippen LogP contribution in [0.2, 0.25) is 0 Å². The molecule has 2 aromatic rings. The van der Waals surface area contributed by atoms with Crippen molar-refractivity contribution in [3.63, 3.8) is 0 Å². The van der Waals surface area contributed by atoms with Crippen molar-refractivity contribution in [2.45, 2.75) is 25.7 Å². The van der Waals surface area contributed by atoms with Crippen molar-refractivity contribution in [1.82, 2.24) is 4.90 Å². The number of benzene rings is 2. The molecule has 0 atom stereocenters. The molecular formula is C19H21NO3. The molecule has 0 aromatic heterocycles. The van der Waals surface area contributed by atoms with Crippen LogP contribution >= 0.6 is 0 Å². The van der Waals surface area contributed by atoms with Gasteiger partial charge in [0.2, 0.25) is 0 Å². The highest BCUT2D eigenvalue weighted by atomic mass is 16.6. The fourth-order valence-electron chi connectivity index (χ4n) is 2.65. The predicted molar refractivity (Wildman–Crippen MR) is 88.9 cm³/mol. The molecule has 1 fully saturated rings. The van der Waals surface area contributed by atoms with Crippen molar-refractivity contribution in [2.24, 2.45) is 0 Å². The largest absolute Gasteiger partial charge is 0.508 e. The van der Waals surface area contributed by atoms with E-state index in [1.807, 2.05) is 36.4 Å². The summed E-state index contributed by atoms with van der Waals surface area (Å²) in [7, 11) is 0. The molecule has 4 heteroatoms. The van der Waals surface area contributed by atoms with Crippen LogP contribution in [0.25, 0.3) is 0 Å². The van der Waals surface area contributed by atoms with Gasteiger partial charge in [-0.25, -0.2) is 4.79 Å². The normalized spacial score (nSPS) is 14.3. The van der Waals surface area contributed by atoms with E-state index in [0.29, 0.717) is 5.75 Å². The Morgan fingerprint density at radius 1 is 1.00 bits per heavy atom. The lowest BCUT2D eigenvalue weighted by Crippen LogP contribution is -2.43. The second kappa shape index (κ2) is 5.95. The standard InChI is InChI=1S/C19H21NO3/c1-19(2,14-4-8-16(21)9-5-14)15-6-10-17(11-7-15)23-18(22)20-12-3-13-20/h4-11,21H,3,12-13H2,1-2H3. The molecule has 1 N–H and O–H groups in total. The van der Waals surface area contributed by atoms with Gasteiger partial charge in [0.05, 0.1) is 0 Å². The second-order valence-corrected chi connectivity index (χ2v) is 6.40. The maximum absolute atomic E-state index is 11.8. The number of carbonyl (C=O) groups is 1. The summed E-state index contributed by atoms with van der Waals surface area (Å²) in [4.78, 5) is 13.5. The topological polar surface area (TPSA) is 49.8 Å². The highest BCUT2D eigenvalue weighted by Crippen LogP contribution is 2.33. The number of hydrogen-bond donors (Lipinski definition) is 1. The zero-order chi connectivity index (χ0) is 16.4. The predicted octanol–water partition coefficient (Wildman–Crippen LogP) is 3.92. The minimum Gasteiger partial charge on any atom is -0.508 e. The van der Waals surface area contributed by atoms with Crippen LogP contribution in [0.5, 0.6) is 11.5 Å². The van der Waals surface area contributed by atoms with Crippen LogP contribution < -0.4 is 4.74 Å². The molecule has 0 spiro atoms. The molecule has 1 aliphatic rings. The van der Waals surface area contributed by atoms with Crippen LogP contribution in [0.3, 0.4) is 0 Å². The van der Waals surface area contributed by atoms with Crippen LogP contribution in [-0.2, 0) is 5.41 Å². The van der Waals surface area contributed by atoms with E-state index in [9.17, 15) is 9.90 Å². The average Bonchev–Trinajstić information content (AvgIpc) is 2.46. The van der Waals surface area contributed by atoms with Gasteiger partial charge in [-0.15, -0.1) is 0 Å². The summed E-state index contributed by atoms with van der Waals surface area (Å²) in [6.07, 6.45) is 0.774. The number of rotatable bonds is 3. The fourth-order valence-corrected chi connectivity index (χ4v) is 2.65. The molecule has 0 radical (unpaired) electrons. The van der Waals surface area contributed by atoms with Gasteiger partial charge in [-0.1, -0.05) is 38.1 Å². The number of phenols is 1. The van der Waals surface area contributed by atoms with E-state index in [1.54, 1.807) is 17.0 Å². The van der Waals surface area contributed by atoms with Crippen LogP contribution in [0.4, 0.5) is 4.79 Å². The summed E-state index contributed by atoms with van der Waals surface area (Å²) >= 11 is 0. The van der Waals surface area contributed by atoms with Crippen LogP contribution in [0.15, 0.2) is 48.5 Å². The molecule has 23 heavy (non-hydrogen) atoms. The number of amides is 1. The van der Waals surface area contributed by atoms with Crippen molar-refractivity contribution >= 4 is 6.09 Å². The Kier molecular flexibility index (Phi) is 3.99. The van der Waals surface area contributed by atoms with E-state index in [1.165, 1.54) is 0 Å². The first-order valence-corrected chi connectivity index (χ1v) is 7.83. The van der Waals surface area contributed by atoms with Crippen LogP contribution in [0, 0.1) is 0 Å². The Morgan fingerprint density at radius 2 is 1.52 bits per heavy atom. The number of likely N-dealkylation sites (tertiary alicyclic amines) is 1. The average molecular weight is 311 g/mol. The molecular weight excluding hydrogens is 290 g/mol. The Bertz CT molecular complexity index is 686. The van der Waals surface area contributed by atoms with E-state index in [2.05, 4.69) is 13.8 Å². The van der Waals surface area contributed by atoms with Gasteiger partial charge in [-0.3, -0.25) is 0 Å². The Balaban J connectivity index is 1.75. The van der Waals surface area contributed by atoms with Gasteiger partial charge in [0.15, 0.2) is 0 Å². The van der Waals surface area contributed by atoms with Crippen LogP contribution in [0.1, 0.15) is 31.4 Å². The zero-order valence-corrected chi connectivity index (χ0v) is 13.5. The monoisotopic (exact) mass is 311 g/mol. The number of hydrogen-bond acceptors (Lipinski definition) is 3. The van der Waals surface area contributed by atoms with Crippen LogP contribution in [-0.4, -0.2) is 29.2 Å². The van der Waals surface area contributed by atoms with Gasteiger partial charge in [0, 0.05) is 18.5 Å². The summed E-state index contributed by atoms with van der Waals surface area (Å²) in [6, 6.07) is 14.8. The number of carbonyl (C=O) groups excluding carboxylic acids is 1. The first kappa shape index (κ1) is 15.4. The van der Waals surface area contributed by atoms with Gasteiger partial charge >= 0.3 is 6.09 Å². The lowest BCUT2D eigenvalue weighted by atomic mass is 9.78. The minimum atomic E-state index is -0.276. The quantitative estimate of drug-likeness (QED) is 0.934. The third-order valence-electron chi connectivity index (χ3n) is 4.48. The van der Waals surface area contributed by atoms with Crippen molar-refractivity contribution in [3.05, 3.63) is 59.7 Å². The lowest BCUT2D eigenvalue weighted by molar-refractivity contribution is 0.125. The molecule has 0 unspecified atom stereocenters. The number of phenolic OH excluding ortho intramolecular Hbond substituents is 1. The lowest BCUT2D eigenvalue weighted by Gasteiger charge is -2.29. The van der Waals surface area contributed by atoms with Crippen molar-refractivity contribution in [3.8, 4) is 11.5 Å². The summed E-state index contributed by atoms with van der Waals surface area (Å²) in [5.74, 6) is 0.824. The molecule has 1 heterocycles. The Hall–Kier alpha value is -2.49. The number of aromatic hydroxyl groups is 1. The van der Waals surface area contributed by atoms with Gasteiger partial charge < -0.3 is 14.7 Å². The van der Waals surface area contributed by atoms with E-state index in [0.717, 1.165) is 30.6 Å². The molecule has 1 aliphatic heterocycles. The van der Waals surface area contributed by atoms with Gasteiger partial charge in [-0.2, -0.15) is 0 Å². The Labute approximate surface area is 136 Å². The van der Waals surface area contributed by atoms with Crippen molar-refractivity contribution < 1.29 is 14.6 Å². The maximum atomic E-state index is 11.8. The molecule has 4 nitrogen and oxygen atoms in total. The summed E-state index contributed by atoms with van der Waals surface area (Å²) < 4.78 is 5.36.